The predicted octanol–water partition coefficient (Wildman–Crippen LogP) is 3.25. The Hall–Kier alpha value is -2.05. The molecule has 0 radical (unpaired) electrons. The van der Waals surface area contributed by atoms with Crippen LogP contribution in [0, 0.1) is 0 Å². The zero-order valence-electron chi connectivity index (χ0n) is 12.4. The van der Waals surface area contributed by atoms with Gasteiger partial charge in [-0.2, -0.15) is 0 Å². The van der Waals surface area contributed by atoms with Gasteiger partial charge in [-0.25, -0.2) is 0 Å². The number of methoxy groups -OCH3 is 1. The van der Waals surface area contributed by atoms with Crippen LogP contribution in [-0.2, 0) is 12.8 Å². The third-order valence-electron chi connectivity index (χ3n) is 3.80. The number of aryl methyl sites for hydroxylation is 1. The number of carbonyl (C=O) groups is 2. The molecule has 0 saturated carbocycles. The van der Waals surface area contributed by atoms with Gasteiger partial charge in [0.2, 0.25) is 0 Å². The van der Waals surface area contributed by atoms with E-state index in [1.807, 2.05) is 0 Å². The second kappa shape index (κ2) is 6.22. The van der Waals surface area contributed by atoms with Crippen LogP contribution in [0.25, 0.3) is 0 Å². The van der Waals surface area contributed by atoms with Crippen LogP contribution in [0.3, 0.4) is 0 Å². The third-order valence-corrected chi connectivity index (χ3v) is 5.24. The third kappa shape index (κ3) is 2.92. The van der Waals surface area contributed by atoms with Crippen LogP contribution in [-0.4, -0.2) is 18.9 Å². The van der Waals surface area contributed by atoms with E-state index in [0.29, 0.717) is 26.9 Å². The van der Waals surface area contributed by atoms with Gasteiger partial charge in [0.1, 0.15) is 10.8 Å². The van der Waals surface area contributed by atoms with Crippen LogP contribution in [0.2, 0.25) is 5.02 Å². The van der Waals surface area contributed by atoms with E-state index in [4.69, 9.17) is 22.1 Å². The minimum Gasteiger partial charge on any atom is -0.496 e. The van der Waals surface area contributed by atoms with Crippen molar-refractivity contribution >= 4 is 39.8 Å². The monoisotopic (exact) mass is 350 g/mol. The van der Waals surface area contributed by atoms with Crippen molar-refractivity contribution in [3.8, 4) is 5.75 Å². The quantitative estimate of drug-likeness (QED) is 0.888. The Kier molecular flexibility index (Phi) is 4.28. The molecule has 0 aliphatic heterocycles. The lowest BCUT2D eigenvalue weighted by Crippen LogP contribution is -2.18. The number of benzene rings is 1. The average Bonchev–Trinajstić information content (AvgIpc) is 3.06. The van der Waals surface area contributed by atoms with E-state index >= 15 is 0 Å². The Balaban J connectivity index is 1.95. The maximum atomic E-state index is 12.6. The molecule has 1 aromatic heterocycles. The Labute approximate surface area is 142 Å². The van der Waals surface area contributed by atoms with Gasteiger partial charge in [-0.05, 0) is 43.0 Å². The number of halogens is 1. The largest absolute Gasteiger partial charge is 0.496 e. The standard InChI is InChI=1S/C16H15ClN2O3S/c1-22-11-6-5-8(17)7-10(11)15(21)19-16-13(14(18)20)9-3-2-4-12(9)23-16/h5-7H,2-4H2,1H3,(H2,18,20)(H,19,21). The van der Waals surface area contributed by atoms with Crippen LogP contribution in [0.1, 0.15) is 37.6 Å². The first-order valence-electron chi connectivity index (χ1n) is 7.10. The number of carbonyl (C=O) groups excluding carboxylic acids is 2. The summed E-state index contributed by atoms with van der Waals surface area (Å²) in [7, 11) is 1.48. The molecule has 2 amide bonds. The lowest BCUT2D eigenvalue weighted by molar-refractivity contribution is 0.100. The molecule has 0 bridgehead atoms. The van der Waals surface area contributed by atoms with E-state index in [1.165, 1.54) is 24.5 Å². The molecule has 5 nitrogen and oxygen atoms in total. The first kappa shape index (κ1) is 15.8. The molecule has 7 heteroatoms. The van der Waals surface area contributed by atoms with Gasteiger partial charge < -0.3 is 15.8 Å². The molecule has 2 aromatic rings. The molecule has 120 valence electrons. The lowest BCUT2D eigenvalue weighted by Gasteiger charge is -2.10. The van der Waals surface area contributed by atoms with Crippen LogP contribution in [0.4, 0.5) is 5.00 Å². The number of fused-ring (bicyclic) bond motifs is 1. The van der Waals surface area contributed by atoms with Gasteiger partial charge in [0.05, 0.1) is 18.2 Å². The molecule has 3 N–H and O–H groups in total. The van der Waals surface area contributed by atoms with Crippen molar-refractivity contribution in [2.75, 3.05) is 12.4 Å². The Morgan fingerprint density at radius 1 is 1.35 bits per heavy atom. The fourth-order valence-electron chi connectivity index (χ4n) is 2.78. The number of hydrogen-bond acceptors (Lipinski definition) is 4. The number of thiophene rings is 1. The van der Waals surface area contributed by atoms with Crippen molar-refractivity contribution in [3.63, 3.8) is 0 Å². The molecule has 3 rings (SSSR count). The summed E-state index contributed by atoms with van der Waals surface area (Å²) < 4.78 is 5.19. The zero-order valence-corrected chi connectivity index (χ0v) is 14.0. The highest BCUT2D eigenvalue weighted by Crippen LogP contribution is 2.39. The number of anilines is 1. The molecule has 1 aliphatic carbocycles. The maximum Gasteiger partial charge on any atom is 0.260 e. The molecular formula is C16H15ClN2O3S. The van der Waals surface area contributed by atoms with Crippen LogP contribution < -0.4 is 15.8 Å². The summed E-state index contributed by atoms with van der Waals surface area (Å²) in [6.07, 6.45) is 2.74. The van der Waals surface area contributed by atoms with Crippen molar-refractivity contribution < 1.29 is 14.3 Å². The van der Waals surface area contributed by atoms with E-state index in [0.717, 1.165) is 29.7 Å². The fraction of sp³-hybridized carbons (Fsp3) is 0.250. The molecule has 0 saturated heterocycles. The SMILES string of the molecule is COc1ccc(Cl)cc1C(=O)Nc1sc2c(c1C(N)=O)CCC2. The van der Waals surface area contributed by atoms with Crippen LogP contribution in [0.5, 0.6) is 5.75 Å². The molecule has 0 unspecified atom stereocenters. The van der Waals surface area contributed by atoms with Crippen molar-refractivity contribution in [1.29, 1.82) is 0 Å². The smallest absolute Gasteiger partial charge is 0.260 e. The number of nitrogens with one attached hydrogen (secondary N) is 1. The van der Waals surface area contributed by atoms with E-state index in [1.54, 1.807) is 12.1 Å². The summed E-state index contributed by atoms with van der Waals surface area (Å²) in [6.45, 7) is 0. The molecule has 1 aliphatic rings. The second-order valence-electron chi connectivity index (χ2n) is 5.22. The number of ether oxygens (including phenoxy) is 1. The molecule has 23 heavy (non-hydrogen) atoms. The van der Waals surface area contributed by atoms with Gasteiger partial charge in [-0.1, -0.05) is 11.6 Å². The lowest BCUT2D eigenvalue weighted by atomic mass is 10.1. The van der Waals surface area contributed by atoms with E-state index in [9.17, 15) is 9.59 Å². The minimum absolute atomic E-state index is 0.309. The zero-order chi connectivity index (χ0) is 16.6. The summed E-state index contributed by atoms with van der Waals surface area (Å²) in [5.74, 6) is -0.485. The molecule has 0 spiro atoms. The van der Waals surface area contributed by atoms with Gasteiger partial charge >= 0.3 is 0 Å². The fourth-order valence-corrected chi connectivity index (χ4v) is 4.24. The van der Waals surface area contributed by atoms with Gasteiger partial charge in [0.15, 0.2) is 0 Å². The van der Waals surface area contributed by atoms with Crippen molar-refractivity contribution in [1.82, 2.24) is 0 Å². The molecular weight excluding hydrogens is 336 g/mol. The maximum absolute atomic E-state index is 12.6. The number of hydrogen-bond donors (Lipinski definition) is 2. The highest BCUT2D eigenvalue weighted by atomic mass is 35.5. The molecule has 0 atom stereocenters. The number of primary amides is 1. The van der Waals surface area contributed by atoms with Crippen molar-refractivity contribution in [3.05, 3.63) is 44.8 Å². The van der Waals surface area contributed by atoms with Crippen molar-refractivity contribution in [2.45, 2.75) is 19.3 Å². The normalized spacial score (nSPS) is 12.8. The Morgan fingerprint density at radius 3 is 2.83 bits per heavy atom. The summed E-state index contributed by atoms with van der Waals surface area (Å²) >= 11 is 7.37. The minimum atomic E-state index is -0.516. The highest BCUT2D eigenvalue weighted by Gasteiger charge is 2.26. The summed E-state index contributed by atoms with van der Waals surface area (Å²) in [6, 6.07) is 4.80. The van der Waals surface area contributed by atoms with Gasteiger partial charge in [-0.3, -0.25) is 9.59 Å². The van der Waals surface area contributed by atoms with Crippen LogP contribution in [0.15, 0.2) is 18.2 Å². The average molecular weight is 351 g/mol. The van der Waals surface area contributed by atoms with E-state index < -0.39 is 5.91 Å². The Morgan fingerprint density at radius 2 is 2.13 bits per heavy atom. The predicted molar refractivity (Wildman–Crippen MR) is 90.8 cm³/mol. The topological polar surface area (TPSA) is 81.4 Å². The second-order valence-corrected chi connectivity index (χ2v) is 6.77. The molecule has 1 aromatic carbocycles. The van der Waals surface area contributed by atoms with Crippen LogP contribution >= 0.6 is 22.9 Å². The summed E-state index contributed by atoms with van der Waals surface area (Å²) in [5.41, 5.74) is 7.20. The first-order chi connectivity index (χ1) is 11.0. The Bertz CT molecular complexity index is 801. The van der Waals surface area contributed by atoms with Gasteiger partial charge in [0.25, 0.3) is 11.8 Å². The number of nitrogens with two attached hydrogens (primary N) is 1. The summed E-state index contributed by atoms with van der Waals surface area (Å²) in [4.78, 5) is 25.4. The molecule has 1 heterocycles. The number of amides is 2. The van der Waals surface area contributed by atoms with Gasteiger partial charge in [0, 0.05) is 9.90 Å². The molecule has 0 fully saturated rings. The van der Waals surface area contributed by atoms with E-state index in [-0.39, 0.29) is 5.91 Å². The number of rotatable bonds is 4. The van der Waals surface area contributed by atoms with Gasteiger partial charge in [-0.15, -0.1) is 11.3 Å². The summed E-state index contributed by atoms with van der Waals surface area (Å²) in [5, 5.41) is 3.70. The highest BCUT2D eigenvalue weighted by molar-refractivity contribution is 7.17. The van der Waals surface area contributed by atoms with E-state index in [2.05, 4.69) is 5.32 Å². The van der Waals surface area contributed by atoms with Crippen molar-refractivity contribution in [2.24, 2.45) is 5.73 Å². The first-order valence-corrected chi connectivity index (χ1v) is 8.30.